The van der Waals surface area contributed by atoms with Crippen LogP contribution in [0.1, 0.15) is 13.3 Å². The van der Waals surface area contributed by atoms with Crippen LogP contribution in [0.4, 0.5) is 4.39 Å². The maximum absolute atomic E-state index is 13.3. The van der Waals surface area contributed by atoms with Crippen LogP contribution in [0.5, 0.6) is 5.75 Å². The lowest BCUT2D eigenvalue weighted by molar-refractivity contribution is 0.00246. The maximum Gasteiger partial charge on any atom is 0.191 e. The van der Waals surface area contributed by atoms with E-state index < -0.39 is 0 Å². The van der Waals surface area contributed by atoms with Gasteiger partial charge in [0.2, 0.25) is 0 Å². The highest BCUT2D eigenvalue weighted by Crippen LogP contribution is 2.21. The smallest absolute Gasteiger partial charge is 0.191 e. The molecular formula is C21H34FIN4O3. The molecule has 3 rings (SSSR count). The zero-order valence-electron chi connectivity index (χ0n) is 17.8. The number of nitrogens with one attached hydrogen (secondary N) is 2. The zero-order chi connectivity index (χ0) is 20.5. The van der Waals surface area contributed by atoms with Gasteiger partial charge in [-0.25, -0.2) is 4.39 Å². The minimum absolute atomic E-state index is 0. The summed E-state index contributed by atoms with van der Waals surface area (Å²) in [6.07, 6.45) is 0.961. The number of ether oxygens (including phenoxy) is 3. The van der Waals surface area contributed by atoms with E-state index in [9.17, 15) is 4.39 Å². The molecule has 2 N–H and O–H groups in total. The SMILES string of the molecule is CN=C(NCC(C)Oc1cccc(F)c1)NCC(C1CCOC1)N1CCOCC1.I. The quantitative estimate of drug-likeness (QED) is 0.302. The Balaban J connectivity index is 0.00000320. The summed E-state index contributed by atoms with van der Waals surface area (Å²) in [5.41, 5.74) is 0. The molecule has 1 aromatic carbocycles. The van der Waals surface area contributed by atoms with Crippen LogP contribution in [0, 0.1) is 11.7 Å². The van der Waals surface area contributed by atoms with Crippen LogP contribution in [0.15, 0.2) is 29.3 Å². The Morgan fingerprint density at radius 3 is 2.67 bits per heavy atom. The molecule has 0 amide bonds. The topological polar surface area (TPSA) is 67.4 Å². The number of morpholine rings is 1. The molecule has 1 aromatic rings. The number of nitrogens with zero attached hydrogens (tertiary/aromatic N) is 2. The van der Waals surface area contributed by atoms with Gasteiger partial charge in [-0.1, -0.05) is 6.07 Å². The van der Waals surface area contributed by atoms with E-state index in [2.05, 4.69) is 20.5 Å². The van der Waals surface area contributed by atoms with Crippen LogP contribution in [0.3, 0.4) is 0 Å². The molecule has 3 atom stereocenters. The lowest BCUT2D eigenvalue weighted by Gasteiger charge is -2.37. The van der Waals surface area contributed by atoms with Gasteiger partial charge < -0.3 is 24.8 Å². The van der Waals surface area contributed by atoms with Crippen LogP contribution < -0.4 is 15.4 Å². The molecule has 2 aliphatic heterocycles. The molecule has 0 radical (unpaired) electrons. The third kappa shape index (κ3) is 7.82. The molecule has 2 fully saturated rings. The Labute approximate surface area is 195 Å². The second-order valence-corrected chi connectivity index (χ2v) is 7.56. The number of aliphatic imine (C=N–C) groups is 1. The van der Waals surface area contributed by atoms with Gasteiger partial charge in [0.25, 0.3) is 0 Å². The van der Waals surface area contributed by atoms with Crippen molar-refractivity contribution in [2.75, 3.05) is 59.7 Å². The first kappa shape index (κ1) is 25.1. The van der Waals surface area contributed by atoms with E-state index in [1.54, 1.807) is 19.2 Å². The predicted octanol–water partition coefficient (Wildman–Crippen LogP) is 2.11. The van der Waals surface area contributed by atoms with E-state index in [-0.39, 0.29) is 35.9 Å². The molecule has 170 valence electrons. The highest BCUT2D eigenvalue weighted by Gasteiger charge is 2.31. The number of guanidine groups is 1. The first-order valence-electron chi connectivity index (χ1n) is 10.4. The molecule has 2 saturated heterocycles. The Morgan fingerprint density at radius 2 is 2.00 bits per heavy atom. The Morgan fingerprint density at radius 1 is 1.23 bits per heavy atom. The molecule has 2 heterocycles. The van der Waals surface area contributed by atoms with Crippen molar-refractivity contribution in [2.24, 2.45) is 10.9 Å². The van der Waals surface area contributed by atoms with Crippen molar-refractivity contribution in [3.63, 3.8) is 0 Å². The number of hydrogen-bond acceptors (Lipinski definition) is 5. The molecule has 0 spiro atoms. The molecule has 0 bridgehead atoms. The minimum atomic E-state index is -0.301. The summed E-state index contributed by atoms with van der Waals surface area (Å²) < 4.78 is 30.2. The highest BCUT2D eigenvalue weighted by atomic mass is 127. The van der Waals surface area contributed by atoms with Crippen molar-refractivity contribution in [1.82, 2.24) is 15.5 Å². The second kappa shape index (κ2) is 13.3. The van der Waals surface area contributed by atoms with Crippen molar-refractivity contribution in [3.8, 4) is 5.75 Å². The molecule has 0 aliphatic carbocycles. The molecule has 7 nitrogen and oxygen atoms in total. The molecule has 2 aliphatic rings. The highest BCUT2D eigenvalue weighted by molar-refractivity contribution is 14.0. The van der Waals surface area contributed by atoms with Crippen LogP contribution in [-0.2, 0) is 9.47 Å². The van der Waals surface area contributed by atoms with Crippen LogP contribution >= 0.6 is 24.0 Å². The van der Waals surface area contributed by atoms with Gasteiger partial charge in [-0.2, -0.15) is 0 Å². The summed E-state index contributed by atoms with van der Waals surface area (Å²) in [6.45, 7) is 8.43. The van der Waals surface area contributed by atoms with Crippen molar-refractivity contribution in [1.29, 1.82) is 0 Å². The number of hydrogen-bond donors (Lipinski definition) is 2. The van der Waals surface area contributed by atoms with Gasteiger partial charge in [0.1, 0.15) is 17.7 Å². The first-order chi connectivity index (χ1) is 14.2. The largest absolute Gasteiger partial charge is 0.489 e. The summed E-state index contributed by atoms with van der Waals surface area (Å²) in [5, 5.41) is 6.76. The second-order valence-electron chi connectivity index (χ2n) is 7.56. The van der Waals surface area contributed by atoms with Crippen molar-refractivity contribution in [2.45, 2.75) is 25.5 Å². The lowest BCUT2D eigenvalue weighted by Crippen LogP contribution is -2.54. The molecule has 0 saturated carbocycles. The van der Waals surface area contributed by atoms with Gasteiger partial charge in [0, 0.05) is 51.3 Å². The van der Waals surface area contributed by atoms with Gasteiger partial charge >= 0.3 is 0 Å². The molecule has 30 heavy (non-hydrogen) atoms. The van der Waals surface area contributed by atoms with Crippen molar-refractivity contribution in [3.05, 3.63) is 30.1 Å². The summed E-state index contributed by atoms with van der Waals surface area (Å²) in [7, 11) is 1.76. The average molecular weight is 536 g/mol. The van der Waals surface area contributed by atoms with E-state index in [1.165, 1.54) is 12.1 Å². The minimum Gasteiger partial charge on any atom is -0.489 e. The Bertz CT molecular complexity index is 655. The summed E-state index contributed by atoms with van der Waals surface area (Å²) in [4.78, 5) is 6.83. The fourth-order valence-electron chi connectivity index (χ4n) is 3.84. The Kier molecular flexibility index (Phi) is 11.1. The van der Waals surface area contributed by atoms with Gasteiger partial charge in [0.05, 0.1) is 26.4 Å². The van der Waals surface area contributed by atoms with E-state index in [1.807, 2.05) is 6.92 Å². The van der Waals surface area contributed by atoms with Crippen LogP contribution in [0.25, 0.3) is 0 Å². The van der Waals surface area contributed by atoms with Crippen LogP contribution in [-0.4, -0.2) is 82.7 Å². The van der Waals surface area contributed by atoms with Gasteiger partial charge in [-0.05, 0) is 25.5 Å². The molecular weight excluding hydrogens is 502 g/mol. The number of halogens is 2. The third-order valence-electron chi connectivity index (χ3n) is 5.42. The number of rotatable bonds is 8. The maximum atomic E-state index is 13.3. The van der Waals surface area contributed by atoms with Crippen molar-refractivity contribution >= 4 is 29.9 Å². The van der Waals surface area contributed by atoms with Gasteiger partial charge in [-0.15, -0.1) is 24.0 Å². The van der Waals surface area contributed by atoms with E-state index in [0.717, 1.165) is 58.4 Å². The fraction of sp³-hybridized carbons (Fsp3) is 0.667. The fourth-order valence-corrected chi connectivity index (χ4v) is 3.84. The Hall–Kier alpha value is -1.17. The summed E-state index contributed by atoms with van der Waals surface area (Å²) in [6, 6.07) is 6.58. The van der Waals surface area contributed by atoms with E-state index in [4.69, 9.17) is 14.2 Å². The summed E-state index contributed by atoms with van der Waals surface area (Å²) >= 11 is 0. The molecule has 9 heteroatoms. The van der Waals surface area contributed by atoms with E-state index in [0.29, 0.717) is 24.3 Å². The number of benzene rings is 1. The van der Waals surface area contributed by atoms with Gasteiger partial charge in [-0.3, -0.25) is 9.89 Å². The van der Waals surface area contributed by atoms with Crippen LogP contribution in [0.2, 0.25) is 0 Å². The normalized spacial score (nSPS) is 22.1. The molecule has 3 unspecified atom stereocenters. The van der Waals surface area contributed by atoms with Crippen molar-refractivity contribution < 1.29 is 18.6 Å². The molecule has 0 aromatic heterocycles. The van der Waals surface area contributed by atoms with Gasteiger partial charge in [0.15, 0.2) is 5.96 Å². The summed E-state index contributed by atoms with van der Waals surface area (Å²) in [5.74, 6) is 1.48. The predicted molar refractivity (Wildman–Crippen MR) is 126 cm³/mol. The third-order valence-corrected chi connectivity index (χ3v) is 5.42. The zero-order valence-corrected chi connectivity index (χ0v) is 20.1. The van der Waals surface area contributed by atoms with E-state index >= 15 is 0 Å². The standard InChI is InChI=1S/C21H33FN4O3.HI/c1-16(29-19-5-3-4-18(22)12-19)13-24-21(23-2)25-14-20(17-6-9-28-15-17)26-7-10-27-11-8-26;/h3-5,12,16-17,20H,6-11,13-15H2,1-2H3,(H2,23,24,25);1H. The average Bonchev–Trinajstić information content (AvgIpc) is 3.26. The first-order valence-corrected chi connectivity index (χ1v) is 10.4. The monoisotopic (exact) mass is 536 g/mol. The lowest BCUT2D eigenvalue weighted by atomic mass is 9.97.